The second-order valence-corrected chi connectivity index (χ2v) is 11.0. The molecule has 0 saturated heterocycles. The fourth-order valence-electron chi connectivity index (χ4n) is 3.63. The highest BCUT2D eigenvalue weighted by molar-refractivity contribution is 7.58. The predicted molar refractivity (Wildman–Crippen MR) is 120 cm³/mol. The zero-order chi connectivity index (χ0) is 21.1. The molecule has 0 amide bonds. The molecule has 1 heterocycles. The fraction of sp³-hybridized carbons (Fsp3) is 0.348. The molecule has 0 aliphatic carbocycles. The topological polar surface area (TPSA) is 58.9 Å². The van der Waals surface area contributed by atoms with Crippen LogP contribution in [-0.4, -0.2) is 29.3 Å². The van der Waals surface area contributed by atoms with Gasteiger partial charge in [0.05, 0.1) is 12.3 Å². The molecule has 0 saturated carbocycles. The highest BCUT2D eigenvalue weighted by Crippen LogP contribution is 2.58. The van der Waals surface area contributed by atoms with Gasteiger partial charge in [0, 0.05) is 22.8 Å². The Morgan fingerprint density at radius 3 is 2.38 bits per heavy atom. The van der Waals surface area contributed by atoms with E-state index in [1.165, 1.54) is 0 Å². The second-order valence-electron chi connectivity index (χ2n) is 8.05. The van der Waals surface area contributed by atoms with Gasteiger partial charge in [0.25, 0.3) is 0 Å². The molecule has 3 atom stereocenters. The van der Waals surface area contributed by atoms with E-state index in [9.17, 15) is 9.67 Å². The number of aliphatic hydroxyl groups excluding tert-OH is 1. The van der Waals surface area contributed by atoms with Crippen molar-refractivity contribution in [2.24, 2.45) is 4.99 Å². The first-order valence-corrected chi connectivity index (χ1v) is 12.0. The summed E-state index contributed by atoms with van der Waals surface area (Å²) in [6.45, 7) is 5.66. The van der Waals surface area contributed by atoms with Crippen molar-refractivity contribution in [1.29, 1.82) is 0 Å². The number of aliphatic imine (C=N–C) groups is 1. The highest BCUT2D eigenvalue weighted by Gasteiger charge is 2.50. The minimum absolute atomic E-state index is 0.0592. The molecule has 0 bridgehead atoms. The van der Waals surface area contributed by atoms with Crippen LogP contribution in [0.25, 0.3) is 0 Å². The van der Waals surface area contributed by atoms with Gasteiger partial charge in [0.15, 0.2) is 5.72 Å². The summed E-state index contributed by atoms with van der Waals surface area (Å²) in [5, 5.41) is 10.7. The van der Waals surface area contributed by atoms with Crippen molar-refractivity contribution >= 4 is 25.2 Å². The molecule has 1 aliphatic rings. The monoisotopic (exact) mass is 431 g/mol. The minimum atomic E-state index is -3.28. The highest BCUT2D eigenvalue weighted by atomic mass is 35.5. The standard InChI is InChI=1S/C23H27ClNO3P/c1-18(26)16-29(27,17-19-8-5-4-6-9-19)28-23(14-7-15-25-23)22(2,3)20-10-12-21(24)13-11-20/h4-15,18,26H,16-17H2,1-3H3. The van der Waals surface area contributed by atoms with E-state index in [-0.39, 0.29) is 12.3 Å². The third-order valence-corrected chi connectivity index (χ3v) is 8.04. The first-order chi connectivity index (χ1) is 13.7. The zero-order valence-electron chi connectivity index (χ0n) is 17.0. The van der Waals surface area contributed by atoms with Crippen molar-refractivity contribution in [2.75, 3.05) is 6.16 Å². The summed E-state index contributed by atoms with van der Waals surface area (Å²) >= 11 is 6.06. The molecule has 3 rings (SSSR count). The maximum absolute atomic E-state index is 14.0. The Hall–Kier alpha value is -1.71. The molecule has 1 aliphatic heterocycles. The van der Waals surface area contributed by atoms with E-state index >= 15 is 0 Å². The van der Waals surface area contributed by atoms with Crippen LogP contribution in [0.15, 0.2) is 71.7 Å². The first-order valence-electron chi connectivity index (χ1n) is 9.66. The molecule has 3 unspecified atom stereocenters. The normalized spacial score (nSPS) is 21.8. The van der Waals surface area contributed by atoms with E-state index in [2.05, 4.69) is 4.99 Å². The smallest absolute Gasteiger partial charge is 0.212 e. The lowest BCUT2D eigenvalue weighted by Crippen LogP contribution is -2.46. The van der Waals surface area contributed by atoms with Crippen LogP contribution in [0.3, 0.4) is 0 Å². The van der Waals surface area contributed by atoms with E-state index in [0.29, 0.717) is 5.02 Å². The Balaban J connectivity index is 2.00. The van der Waals surface area contributed by atoms with Crippen LogP contribution in [0, 0.1) is 0 Å². The Morgan fingerprint density at radius 2 is 1.83 bits per heavy atom. The lowest BCUT2D eigenvalue weighted by Gasteiger charge is -2.42. The molecule has 0 spiro atoms. The van der Waals surface area contributed by atoms with Crippen molar-refractivity contribution in [1.82, 2.24) is 0 Å². The van der Waals surface area contributed by atoms with E-state index in [4.69, 9.17) is 16.1 Å². The number of aliphatic hydroxyl groups is 1. The van der Waals surface area contributed by atoms with E-state index in [1.54, 1.807) is 13.1 Å². The van der Waals surface area contributed by atoms with Crippen molar-refractivity contribution < 1.29 is 14.2 Å². The van der Waals surface area contributed by atoms with Crippen LogP contribution >= 0.6 is 19.0 Å². The largest absolute Gasteiger partial charge is 0.393 e. The van der Waals surface area contributed by atoms with Crippen molar-refractivity contribution in [2.45, 2.75) is 44.2 Å². The molecule has 6 heteroatoms. The van der Waals surface area contributed by atoms with Gasteiger partial charge < -0.3 is 5.11 Å². The summed E-state index contributed by atoms with van der Waals surface area (Å²) in [7, 11) is -3.28. The van der Waals surface area contributed by atoms with Gasteiger partial charge in [0.1, 0.15) is 0 Å². The molecule has 2 aromatic rings. The van der Waals surface area contributed by atoms with Crippen LogP contribution < -0.4 is 0 Å². The second kappa shape index (κ2) is 8.57. The molecule has 2 aromatic carbocycles. The van der Waals surface area contributed by atoms with Crippen LogP contribution in [-0.2, 0) is 20.7 Å². The van der Waals surface area contributed by atoms with Crippen LogP contribution in [0.2, 0.25) is 5.02 Å². The van der Waals surface area contributed by atoms with Gasteiger partial charge in [-0.1, -0.05) is 67.9 Å². The van der Waals surface area contributed by atoms with Gasteiger partial charge >= 0.3 is 0 Å². The molecule has 0 radical (unpaired) electrons. The summed E-state index contributed by atoms with van der Waals surface area (Å²) in [6, 6.07) is 17.1. The van der Waals surface area contributed by atoms with Crippen molar-refractivity contribution in [3.8, 4) is 0 Å². The molecule has 154 valence electrons. The number of hydrogen-bond acceptors (Lipinski definition) is 4. The van der Waals surface area contributed by atoms with Crippen LogP contribution in [0.1, 0.15) is 31.9 Å². The quantitative estimate of drug-likeness (QED) is 0.535. The summed E-state index contributed by atoms with van der Waals surface area (Å²) in [5.74, 6) is 0. The summed E-state index contributed by atoms with van der Waals surface area (Å²) < 4.78 is 20.4. The number of hydrogen-bond donors (Lipinski definition) is 1. The summed E-state index contributed by atoms with van der Waals surface area (Å²) in [5.41, 5.74) is 0.113. The molecule has 4 nitrogen and oxygen atoms in total. The Labute approximate surface area is 177 Å². The first kappa shape index (κ1) is 22.0. The van der Waals surface area contributed by atoms with Gasteiger partial charge in [0.2, 0.25) is 7.37 Å². The predicted octanol–water partition coefficient (Wildman–Crippen LogP) is 5.83. The Kier molecular flexibility index (Phi) is 6.50. The summed E-state index contributed by atoms with van der Waals surface area (Å²) in [4.78, 5) is 4.63. The lowest BCUT2D eigenvalue weighted by atomic mass is 9.75. The van der Waals surface area contributed by atoms with Gasteiger partial charge in [-0.15, -0.1) is 0 Å². The van der Waals surface area contributed by atoms with Gasteiger partial charge in [-0.3, -0.25) is 14.1 Å². The average Bonchev–Trinajstić information content (AvgIpc) is 3.12. The molecular formula is C23H27ClNO3P. The Bertz CT molecular complexity index is 924. The van der Waals surface area contributed by atoms with Crippen LogP contribution in [0.5, 0.6) is 0 Å². The minimum Gasteiger partial charge on any atom is -0.393 e. The maximum atomic E-state index is 14.0. The van der Waals surface area contributed by atoms with E-state index < -0.39 is 24.6 Å². The van der Waals surface area contributed by atoms with Gasteiger partial charge in [-0.05, 0) is 42.3 Å². The van der Waals surface area contributed by atoms with Crippen molar-refractivity contribution in [3.63, 3.8) is 0 Å². The molecular weight excluding hydrogens is 405 g/mol. The number of benzene rings is 2. The third kappa shape index (κ3) is 4.90. The van der Waals surface area contributed by atoms with Crippen molar-refractivity contribution in [3.05, 3.63) is 82.9 Å². The van der Waals surface area contributed by atoms with E-state index in [0.717, 1.165) is 11.1 Å². The SMILES string of the molecule is CC(O)CP(=O)(Cc1ccccc1)OC1(C(C)(C)c2ccc(Cl)cc2)C=CC=N1. The number of halogens is 1. The molecule has 1 N–H and O–H groups in total. The Morgan fingerprint density at radius 1 is 1.17 bits per heavy atom. The van der Waals surface area contributed by atoms with Gasteiger partial charge in [-0.25, -0.2) is 0 Å². The molecule has 0 aromatic heterocycles. The number of allylic oxidation sites excluding steroid dienone is 1. The average molecular weight is 432 g/mol. The van der Waals surface area contributed by atoms with Gasteiger partial charge in [-0.2, -0.15) is 0 Å². The third-order valence-electron chi connectivity index (χ3n) is 5.25. The van der Waals surface area contributed by atoms with E-state index in [1.807, 2.05) is 80.6 Å². The number of rotatable bonds is 8. The summed E-state index contributed by atoms with van der Waals surface area (Å²) in [6.07, 6.45) is 4.88. The fourth-order valence-corrected chi connectivity index (χ4v) is 6.44. The maximum Gasteiger partial charge on any atom is 0.212 e. The number of nitrogens with zero attached hydrogens (tertiary/aromatic N) is 1. The molecule has 29 heavy (non-hydrogen) atoms. The zero-order valence-corrected chi connectivity index (χ0v) is 18.6. The molecule has 0 fully saturated rings. The van der Waals surface area contributed by atoms with Crippen LogP contribution in [0.4, 0.5) is 0 Å². The lowest BCUT2D eigenvalue weighted by molar-refractivity contribution is 0.0582.